The van der Waals surface area contributed by atoms with Crippen LogP contribution in [0.4, 0.5) is 13.2 Å². The standard InChI is InChI=1S/C23H21F3O4S/c1-14-18(11-21(30-14)17-6-8-19(9-7-17)23(24,25)26)12-29-20-5-3-4-16(10-20)13-31-15(2)22(27)28/h3-11,15H,12-13H2,1-2H3,(H,27,28). The lowest BCUT2D eigenvalue weighted by atomic mass is 10.1. The van der Waals surface area contributed by atoms with Crippen LogP contribution < -0.4 is 4.74 Å². The molecule has 1 unspecified atom stereocenters. The molecule has 0 aliphatic rings. The van der Waals surface area contributed by atoms with Gasteiger partial charge in [-0.25, -0.2) is 0 Å². The van der Waals surface area contributed by atoms with E-state index in [0.29, 0.717) is 28.6 Å². The van der Waals surface area contributed by atoms with Gasteiger partial charge in [-0.15, -0.1) is 11.8 Å². The number of hydrogen-bond donors (Lipinski definition) is 1. The molecule has 31 heavy (non-hydrogen) atoms. The number of carboxylic acids is 1. The Morgan fingerprint density at radius 3 is 2.52 bits per heavy atom. The van der Waals surface area contributed by atoms with Crippen molar-refractivity contribution in [2.24, 2.45) is 0 Å². The maximum absolute atomic E-state index is 12.7. The Labute approximate surface area is 182 Å². The third kappa shape index (κ3) is 6.07. The van der Waals surface area contributed by atoms with Crippen LogP contribution in [0.15, 0.2) is 59.0 Å². The number of thioether (sulfide) groups is 1. The predicted molar refractivity (Wildman–Crippen MR) is 113 cm³/mol. The summed E-state index contributed by atoms with van der Waals surface area (Å²) in [6.45, 7) is 3.65. The minimum atomic E-state index is -4.38. The number of alkyl halides is 3. The van der Waals surface area contributed by atoms with Crippen LogP contribution in [0.25, 0.3) is 11.3 Å². The number of aryl methyl sites for hydroxylation is 1. The lowest BCUT2D eigenvalue weighted by Gasteiger charge is -2.09. The van der Waals surface area contributed by atoms with Gasteiger partial charge in [0.05, 0.1) is 10.8 Å². The van der Waals surface area contributed by atoms with Gasteiger partial charge < -0.3 is 14.3 Å². The number of halogens is 3. The second-order valence-electron chi connectivity index (χ2n) is 6.99. The van der Waals surface area contributed by atoms with E-state index in [-0.39, 0.29) is 6.61 Å². The molecule has 164 valence electrons. The second kappa shape index (κ2) is 9.51. The quantitative estimate of drug-likeness (QED) is 0.421. The first kappa shape index (κ1) is 22.8. The molecule has 1 heterocycles. The van der Waals surface area contributed by atoms with Gasteiger partial charge in [0.1, 0.15) is 23.9 Å². The molecule has 1 aromatic heterocycles. The third-order valence-corrected chi connectivity index (χ3v) is 5.86. The number of benzene rings is 2. The van der Waals surface area contributed by atoms with Crippen LogP contribution in [-0.4, -0.2) is 16.3 Å². The Balaban J connectivity index is 1.65. The third-order valence-electron chi connectivity index (χ3n) is 4.66. The van der Waals surface area contributed by atoms with Crippen molar-refractivity contribution >= 4 is 17.7 Å². The molecule has 0 amide bonds. The van der Waals surface area contributed by atoms with Gasteiger partial charge in [0.25, 0.3) is 0 Å². The normalized spacial score (nSPS) is 12.5. The Morgan fingerprint density at radius 2 is 1.87 bits per heavy atom. The van der Waals surface area contributed by atoms with E-state index in [1.165, 1.54) is 23.9 Å². The van der Waals surface area contributed by atoms with E-state index < -0.39 is 23.0 Å². The number of furan rings is 1. The highest BCUT2D eigenvalue weighted by Crippen LogP contribution is 2.32. The summed E-state index contributed by atoms with van der Waals surface area (Å²) >= 11 is 1.33. The van der Waals surface area contributed by atoms with Gasteiger partial charge in [-0.2, -0.15) is 13.2 Å². The van der Waals surface area contributed by atoms with Gasteiger partial charge >= 0.3 is 12.1 Å². The first-order chi connectivity index (χ1) is 14.6. The van der Waals surface area contributed by atoms with Crippen LogP contribution in [0, 0.1) is 6.92 Å². The van der Waals surface area contributed by atoms with Gasteiger partial charge in [-0.05, 0) is 49.7 Å². The number of aliphatic carboxylic acids is 1. The Hall–Kier alpha value is -2.87. The first-order valence-electron chi connectivity index (χ1n) is 9.46. The fraction of sp³-hybridized carbons (Fsp3) is 0.261. The van der Waals surface area contributed by atoms with Crippen LogP contribution in [0.2, 0.25) is 0 Å². The molecule has 0 saturated carbocycles. The highest BCUT2D eigenvalue weighted by molar-refractivity contribution is 7.99. The number of carbonyl (C=O) groups is 1. The van der Waals surface area contributed by atoms with Crippen molar-refractivity contribution in [3.8, 4) is 17.1 Å². The number of hydrogen-bond acceptors (Lipinski definition) is 4. The van der Waals surface area contributed by atoms with Crippen molar-refractivity contribution in [1.82, 2.24) is 0 Å². The number of rotatable bonds is 8. The van der Waals surface area contributed by atoms with Crippen LogP contribution in [0.1, 0.15) is 29.4 Å². The van der Waals surface area contributed by atoms with Crippen molar-refractivity contribution in [2.75, 3.05) is 0 Å². The molecule has 3 rings (SSSR count). The van der Waals surface area contributed by atoms with Crippen LogP contribution in [0.5, 0.6) is 5.75 Å². The molecule has 2 aromatic carbocycles. The van der Waals surface area contributed by atoms with Crippen LogP contribution in [-0.2, 0) is 23.3 Å². The largest absolute Gasteiger partial charge is 0.489 e. The molecule has 3 aromatic rings. The lowest BCUT2D eigenvalue weighted by Crippen LogP contribution is -2.11. The van der Waals surface area contributed by atoms with Crippen molar-refractivity contribution < 1.29 is 32.2 Å². The van der Waals surface area contributed by atoms with E-state index in [0.717, 1.165) is 23.3 Å². The summed E-state index contributed by atoms with van der Waals surface area (Å²) in [6.07, 6.45) is -4.38. The van der Waals surface area contributed by atoms with Gasteiger partial charge in [-0.3, -0.25) is 4.79 Å². The smallest absolute Gasteiger partial charge is 0.416 e. The van der Waals surface area contributed by atoms with Gasteiger partial charge in [0.15, 0.2) is 0 Å². The molecular weight excluding hydrogens is 429 g/mol. The van der Waals surface area contributed by atoms with Crippen molar-refractivity contribution in [2.45, 2.75) is 37.6 Å². The zero-order valence-electron chi connectivity index (χ0n) is 16.9. The monoisotopic (exact) mass is 450 g/mol. The molecule has 0 spiro atoms. The molecule has 0 aliphatic carbocycles. The maximum atomic E-state index is 12.7. The number of ether oxygens (including phenoxy) is 1. The summed E-state index contributed by atoms with van der Waals surface area (Å²) in [6, 6.07) is 14.0. The minimum absolute atomic E-state index is 0.234. The summed E-state index contributed by atoms with van der Waals surface area (Å²) in [4.78, 5) is 10.9. The summed E-state index contributed by atoms with van der Waals surface area (Å²) in [7, 11) is 0. The lowest BCUT2D eigenvalue weighted by molar-refractivity contribution is -0.138. The highest BCUT2D eigenvalue weighted by atomic mass is 32.2. The molecular formula is C23H21F3O4S. The fourth-order valence-corrected chi connectivity index (χ4v) is 3.57. The fourth-order valence-electron chi connectivity index (χ4n) is 2.81. The average Bonchev–Trinajstić information content (AvgIpc) is 3.10. The summed E-state index contributed by atoms with van der Waals surface area (Å²) in [5.41, 5.74) is 1.58. The summed E-state index contributed by atoms with van der Waals surface area (Å²) in [5, 5.41) is 8.48. The Kier molecular flexibility index (Phi) is 7.00. The topological polar surface area (TPSA) is 59.7 Å². The van der Waals surface area contributed by atoms with Crippen molar-refractivity contribution in [3.63, 3.8) is 0 Å². The van der Waals surface area contributed by atoms with Gasteiger partial charge in [0.2, 0.25) is 0 Å². The average molecular weight is 450 g/mol. The van der Waals surface area contributed by atoms with Crippen LogP contribution >= 0.6 is 11.8 Å². The molecule has 0 bridgehead atoms. The zero-order valence-corrected chi connectivity index (χ0v) is 17.7. The second-order valence-corrected chi connectivity index (χ2v) is 8.32. The van der Waals surface area contributed by atoms with Crippen molar-refractivity contribution in [3.05, 3.63) is 77.0 Å². The Morgan fingerprint density at radius 1 is 1.16 bits per heavy atom. The van der Waals surface area contributed by atoms with E-state index >= 15 is 0 Å². The molecule has 1 atom stereocenters. The molecule has 0 saturated heterocycles. The summed E-state index contributed by atoms with van der Waals surface area (Å²) < 4.78 is 49.8. The van der Waals surface area contributed by atoms with Crippen molar-refractivity contribution in [1.29, 1.82) is 0 Å². The molecule has 4 nitrogen and oxygen atoms in total. The van der Waals surface area contributed by atoms with Gasteiger partial charge in [-0.1, -0.05) is 24.3 Å². The zero-order chi connectivity index (χ0) is 22.6. The number of carboxylic acid groups (broad SMARTS) is 1. The molecule has 8 heteroatoms. The van der Waals surface area contributed by atoms with Gasteiger partial charge in [0, 0.05) is 16.9 Å². The minimum Gasteiger partial charge on any atom is -0.489 e. The maximum Gasteiger partial charge on any atom is 0.416 e. The molecule has 0 fully saturated rings. The molecule has 1 N–H and O–H groups in total. The first-order valence-corrected chi connectivity index (χ1v) is 10.5. The highest BCUT2D eigenvalue weighted by Gasteiger charge is 2.30. The van der Waals surface area contributed by atoms with E-state index in [4.69, 9.17) is 14.3 Å². The molecule has 0 aliphatic heterocycles. The van der Waals surface area contributed by atoms with Crippen LogP contribution in [0.3, 0.4) is 0 Å². The SMILES string of the molecule is Cc1oc(-c2ccc(C(F)(F)F)cc2)cc1COc1cccc(CSC(C)C(=O)O)c1. The Bertz CT molecular complexity index is 1040. The summed E-state index contributed by atoms with van der Waals surface area (Å²) in [5.74, 6) is 1.43. The predicted octanol–water partition coefficient (Wildman–Crippen LogP) is 6.56. The van der Waals surface area contributed by atoms with E-state index in [2.05, 4.69) is 0 Å². The van der Waals surface area contributed by atoms with E-state index in [1.807, 2.05) is 18.2 Å². The van der Waals surface area contributed by atoms with E-state index in [9.17, 15) is 18.0 Å². The van der Waals surface area contributed by atoms with E-state index in [1.54, 1.807) is 26.0 Å². The molecule has 0 radical (unpaired) electrons.